The Balaban J connectivity index is 2.45. The van der Waals surface area contributed by atoms with Crippen molar-refractivity contribution in [2.24, 2.45) is 0 Å². The highest BCUT2D eigenvalue weighted by atomic mass is 16.5. The minimum atomic E-state index is -0.256. The molecule has 0 heterocycles. The van der Waals surface area contributed by atoms with Gasteiger partial charge in [-0.25, -0.2) is 0 Å². The summed E-state index contributed by atoms with van der Waals surface area (Å²) in [5, 5.41) is 6.18. The molecule has 0 fully saturated rings. The summed E-state index contributed by atoms with van der Waals surface area (Å²) in [4.78, 5) is 12.0. The smallest absolute Gasteiger partial charge is 0.236 e. The van der Waals surface area contributed by atoms with Crippen molar-refractivity contribution in [3.05, 3.63) is 29.8 Å². The van der Waals surface area contributed by atoms with Gasteiger partial charge < -0.3 is 14.8 Å². The van der Waals surface area contributed by atoms with E-state index in [2.05, 4.69) is 10.6 Å². The van der Waals surface area contributed by atoms with E-state index in [1.165, 1.54) is 0 Å². The fourth-order valence-electron chi connectivity index (χ4n) is 2.04. The maximum Gasteiger partial charge on any atom is 0.236 e. The van der Waals surface area contributed by atoms with Gasteiger partial charge in [0.25, 0.3) is 0 Å². The fraction of sp³-hybridized carbons (Fsp3) is 0.562. The second-order valence-corrected chi connectivity index (χ2v) is 5.02. The summed E-state index contributed by atoms with van der Waals surface area (Å²) in [5.74, 6) is 0.818. The van der Waals surface area contributed by atoms with Gasteiger partial charge in [-0.2, -0.15) is 0 Å². The highest BCUT2D eigenvalue weighted by Crippen LogP contribution is 2.19. The molecule has 0 bridgehead atoms. The summed E-state index contributed by atoms with van der Waals surface area (Å²) in [7, 11) is 3.30. The minimum absolute atomic E-state index is 0.000786. The van der Waals surface area contributed by atoms with Crippen molar-refractivity contribution in [3.63, 3.8) is 0 Å². The topological polar surface area (TPSA) is 59.6 Å². The molecule has 0 aliphatic rings. The molecule has 118 valence electrons. The van der Waals surface area contributed by atoms with Crippen molar-refractivity contribution in [1.29, 1.82) is 0 Å². The Bertz CT molecular complexity index is 437. The average molecular weight is 294 g/mol. The van der Waals surface area contributed by atoms with Crippen molar-refractivity contribution < 1.29 is 14.3 Å². The van der Waals surface area contributed by atoms with Gasteiger partial charge in [-0.15, -0.1) is 0 Å². The zero-order valence-corrected chi connectivity index (χ0v) is 13.3. The first-order valence-corrected chi connectivity index (χ1v) is 7.25. The first-order chi connectivity index (χ1) is 10.1. The molecule has 1 aromatic rings. The summed E-state index contributed by atoms with van der Waals surface area (Å²) < 4.78 is 10.2. The number of carbonyl (C=O) groups excluding carboxylic acids is 1. The second kappa shape index (κ2) is 9.37. The van der Waals surface area contributed by atoms with Crippen LogP contribution in [0.25, 0.3) is 0 Å². The van der Waals surface area contributed by atoms with Gasteiger partial charge in [-0.05, 0) is 38.0 Å². The van der Waals surface area contributed by atoms with Crippen molar-refractivity contribution in [1.82, 2.24) is 10.6 Å². The maximum atomic E-state index is 12.0. The van der Waals surface area contributed by atoms with E-state index in [1.807, 2.05) is 38.1 Å². The summed E-state index contributed by atoms with van der Waals surface area (Å²) in [5.41, 5.74) is 1.09. The van der Waals surface area contributed by atoms with Crippen LogP contribution in [-0.4, -0.2) is 39.3 Å². The van der Waals surface area contributed by atoms with Crippen LogP contribution in [0.4, 0.5) is 0 Å². The second-order valence-electron chi connectivity index (χ2n) is 5.02. The summed E-state index contributed by atoms with van der Waals surface area (Å²) in [6, 6.07) is 7.66. The predicted molar refractivity (Wildman–Crippen MR) is 83.5 cm³/mol. The Hall–Kier alpha value is -1.59. The monoisotopic (exact) mass is 294 g/mol. The van der Waals surface area contributed by atoms with Gasteiger partial charge in [0.2, 0.25) is 5.91 Å². The lowest BCUT2D eigenvalue weighted by molar-refractivity contribution is -0.122. The molecule has 5 heteroatoms. The molecule has 0 aliphatic heterocycles. The first kappa shape index (κ1) is 17.5. The van der Waals surface area contributed by atoms with Crippen LogP contribution in [0.1, 0.15) is 31.9 Å². The van der Waals surface area contributed by atoms with E-state index >= 15 is 0 Å². The Morgan fingerprint density at radius 3 is 2.71 bits per heavy atom. The van der Waals surface area contributed by atoms with E-state index < -0.39 is 0 Å². The van der Waals surface area contributed by atoms with E-state index in [-0.39, 0.29) is 18.0 Å². The number of benzene rings is 1. The number of hydrogen-bond acceptors (Lipinski definition) is 4. The van der Waals surface area contributed by atoms with E-state index in [4.69, 9.17) is 9.47 Å². The SMILES string of the molecule is COCCCNC(=O)C(C)N[C@H](C)c1cccc(OC)c1. The fourth-order valence-corrected chi connectivity index (χ4v) is 2.04. The standard InChI is InChI=1S/C16H26N2O3/c1-12(14-7-5-8-15(11-14)21-4)18-13(2)16(19)17-9-6-10-20-3/h5,7-8,11-13,18H,6,9-10H2,1-4H3,(H,17,19)/t12-,13?/m1/s1. The van der Waals surface area contributed by atoms with E-state index in [1.54, 1.807) is 14.2 Å². The van der Waals surface area contributed by atoms with Crippen molar-refractivity contribution in [2.75, 3.05) is 27.4 Å². The van der Waals surface area contributed by atoms with Crippen LogP contribution in [0.3, 0.4) is 0 Å². The maximum absolute atomic E-state index is 12.0. The highest BCUT2D eigenvalue weighted by molar-refractivity contribution is 5.81. The highest BCUT2D eigenvalue weighted by Gasteiger charge is 2.16. The molecule has 2 N–H and O–H groups in total. The molecule has 0 saturated carbocycles. The van der Waals surface area contributed by atoms with Gasteiger partial charge in [0, 0.05) is 26.3 Å². The van der Waals surface area contributed by atoms with Crippen LogP contribution >= 0.6 is 0 Å². The largest absolute Gasteiger partial charge is 0.497 e. The third-order valence-electron chi connectivity index (χ3n) is 3.31. The third kappa shape index (κ3) is 6.14. The summed E-state index contributed by atoms with van der Waals surface area (Å²) in [6.07, 6.45) is 0.820. The molecule has 1 rings (SSSR count). The third-order valence-corrected chi connectivity index (χ3v) is 3.31. The van der Waals surface area contributed by atoms with Crippen molar-refractivity contribution in [3.8, 4) is 5.75 Å². The molecule has 1 aromatic carbocycles. The Morgan fingerprint density at radius 1 is 1.29 bits per heavy atom. The lowest BCUT2D eigenvalue weighted by atomic mass is 10.1. The predicted octanol–water partition coefficient (Wildman–Crippen LogP) is 1.89. The molecule has 0 saturated heterocycles. The van der Waals surface area contributed by atoms with Gasteiger partial charge >= 0.3 is 0 Å². The van der Waals surface area contributed by atoms with Crippen LogP contribution in [0.5, 0.6) is 5.75 Å². The van der Waals surface area contributed by atoms with Crippen LogP contribution in [-0.2, 0) is 9.53 Å². The number of carbonyl (C=O) groups is 1. The Labute approximate surface area is 127 Å². The van der Waals surface area contributed by atoms with Crippen molar-refractivity contribution >= 4 is 5.91 Å². The molecule has 0 radical (unpaired) electrons. The Kier molecular flexibility index (Phi) is 7.79. The molecular weight excluding hydrogens is 268 g/mol. The van der Waals surface area contributed by atoms with Gasteiger partial charge in [0.05, 0.1) is 13.2 Å². The normalized spacial score (nSPS) is 13.5. The van der Waals surface area contributed by atoms with Crippen LogP contribution in [0, 0.1) is 0 Å². The van der Waals surface area contributed by atoms with Crippen molar-refractivity contribution in [2.45, 2.75) is 32.4 Å². The number of hydrogen-bond donors (Lipinski definition) is 2. The van der Waals surface area contributed by atoms with E-state index in [9.17, 15) is 4.79 Å². The summed E-state index contributed by atoms with van der Waals surface area (Å²) in [6.45, 7) is 5.18. The average Bonchev–Trinajstić information content (AvgIpc) is 2.51. The van der Waals surface area contributed by atoms with Crippen LogP contribution < -0.4 is 15.4 Å². The van der Waals surface area contributed by atoms with Crippen LogP contribution in [0.15, 0.2) is 24.3 Å². The number of ether oxygens (including phenoxy) is 2. The van der Waals surface area contributed by atoms with Gasteiger partial charge in [0.15, 0.2) is 0 Å². The number of nitrogens with one attached hydrogen (secondary N) is 2. The lowest BCUT2D eigenvalue weighted by Gasteiger charge is -2.20. The molecule has 21 heavy (non-hydrogen) atoms. The molecule has 1 unspecified atom stereocenters. The number of methoxy groups -OCH3 is 2. The number of rotatable bonds is 9. The van der Waals surface area contributed by atoms with Gasteiger partial charge in [-0.1, -0.05) is 12.1 Å². The molecule has 0 spiro atoms. The summed E-state index contributed by atoms with van der Waals surface area (Å²) >= 11 is 0. The number of amides is 1. The molecular formula is C16H26N2O3. The first-order valence-electron chi connectivity index (χ1n) is 7.25. The molecule has 0 aliphatic carbocycles. The van der Waals surface area contributed by atoms with Crippen LogP contribution in [0.2, 0.25) is 0 Å². The Morgan fingerprint density at radius 2 is 2.05 bits per heavy atom. The quantitative estimate of drug-likeness (QED) is 0.683. The van der Waals surface area contributed by atoms with E-state index in [0.717, 1.165) is 17.7 Å². The van der Waals surface area contributed by atoms with E-state index in [0.29, 0.717) is 13.2 Å². The van der Waals surface area contributed by atoms with Gasteiger partial charge in [-0.3, -0.25) is 10.1 Å². The minimum Gasteiger partial charge on any atom is -0.497 e. The molecule has 1 amide bonds. The van der Waals surface area contributed by atoms with Gasteiger partial charge in [0.1, 0.15) is 5.75 Å². The zero-order valence-electron chi connectivity index (χ0n) is 13.3. The molecule has 2 atom stereocenters. The molecule has 5 nitrogen and oxygen atoms in total. The lowest BCUT2D eigenvalue weighted by Crippen LogP contribution is -2.43. The zero-order chi connectivity index (χ0) is 15.7. The molecule has 0 aromatic heterocycles.